The summed E-state index contributed by atoms with van der Waals surface area (Å²) in [7, 11) is 0. The van der Waals surface area contributed by atoms with E-state index in [1.807, 2.05) is 12.1 Å². The van der Waals surface area contributed by atoms with E-state index in [9.17, 15) is 17.6 Å². The average molecular weight is 377 g/mol. The molecular weight excluding hydrogens is 358 g/mol. The van der Waals surface area contributed by atoms with Gasteiger partial charge in [0.05, 0.1) is 11.3 Å². The van der Waals surface area contributed by atoms with Gasteiger partial charge in [0.15, 0.2) is 0 Å². The molecule has 3 heterocycles. The quantitative estimate of drug-likeness (QED) is 0.766. The zero-order valence-corrected chi connectivity index (χ0v) is 14.5. The first-order chi connectivity index (χ1) is 12.9. The van der Waals surface area contributed by atoms with Crippen LogP contribution in [0.25, 0.3) is 0 Å². The highest BCUT2D eigenvalue weighted by Crippen LogP contribution is 2.47. The number of nitrogens with one attached hydrogen (secondary N) is 2. The molecule has 0 radical (unpaired) electrons. The highest BCUT2D eigenvalue weighted by molar-refractivity contribution is 5.74. The Bertz CT molecular complexity index is 909. The van der Waals surface area contributed by atoms with Crippen molar-refractivity contribution in [3.8, 4) is 0 Å². The van der Waals surface area contributed by atoms with Crippen molar-refractivity contribution in [2.45, 2.75) is 18.5 Å². The molecule has 3 aliphatic heterocycles. The zero-order chi connectivity index (χ0) is 18.8. The standard InChI is InChI=1S/C20H19F4N3/c21-17-2-1-13(20(22,23)24)6-18(17)26-14-5-11-3-4-27-10-12-8-25-9-16(12)15(7-14)19(11)27/h1-2,5-7,12,16,25-26H,3-4,8-10H2/t12-,16-/m0/s1. The Hall–Kier alpha value is -2.28. The molecule has 2 atom stereocenters. The van der Waals surface area contributed by atoms with Gasteiger partial charge in [0.2, 0.25) is 0 Å². The Balaban J connectivity index is 1.54. The molecule has 2 aromatic carbocycles. The van der Waals surface area contributed by atoms with Gasteiger partial charge in [0.1, 0.15) is 5.82 Å². The molecular formula is C20H19F4N3. The van der Waals surface area contributed by atoms with Crippen molar-refractivity contribution in [3.63, 3.8) is 0 Å². The molecule has 0 spiro atoms. The van der Waals surface area contributed by atoms with Gasteiger partial charge in [0.25, 0.3) is 0 Å². The number of anilines is 3. The van der Waals surface area contributed by atoms with E-state index in [0.29, 0.717) is 17.5 Å². The SMILES string of the molecule is Fc1ccc(C(F)(F)F)cc1Nc1cc2c3c(c1)[C@H]1CNC[C@H]1CN3CC2. The molecule has 1 fully saturated rings. The molecule has 0 unspecified atom stereocenters. The number of nitrogens with zero attached hydrogens (tertiary/aromatic N) is 1. The summed E-state index contributed by atoms with van der Waals surface area (Å²) in [5, 5.41) is 6.33. The molecule has 0 bridgehead atoms. The van der Waals surface area contributed by atoms with Crippen LogP contribution in [0.15, 0.2) is 30.3 Å². The second kappa shape index (κ2) is 5.86. The summed E-state index contributed by atoms with van der Waals surface area (Å²) in [5.74, 6) is 0.254. The van der Waals surface area contributed by atoms with E-state index < -0.39 is 17.6 Å². The highest BCUT2D eigenvalue weighted by atomic mass is 19.4. The van der Waals surface area contributed by atoms with Crippen LogP contribution in [0.1, 0.15) is 22.6 Å². The Morgan fingerprint density at radius 3 is 2.78 bits per heavy atom. The Kier molecular flexibility index (Phi) is 3.66. The summed E-state index contributed by atoms with van der Waals surface area (Å²) < 4.78 is 53.1. The van der Waals surface area contributed by atoms with Crippen LogP contribution in [0.4, 0.5) is 34.6 Å². The van der Waals surface area contributed by atoms with E-state index in [1.165, 1.54) is 16.8 Å². The molecule has 5 rings (SSSR count). The number of alkyl halides is 3. The van der Waals surface area contributed by atoms with E-state index in [0.717, 1.165) is 50.8 Å². The van der Waals surface area contributed by atoms with Gasteiger partial charge in [-0.15, -0.1) is 0 Å². The minimum absolute atomic E-state index is 0.149. The van der Waals surface area contributed by atoms with E-state index in [4.69, 9.17) is 0 Å². The largest absolute Gasteiger partial charge is 0.416 e. The van der Waals surface area contributed by atoms with Crippen LogP contribution in [-0.2, 0) is 12.6 Å². The van der Waals surface area contributed by atoms with Crippen LogP contribution >= 0.6 is 0 Å². The molecule has 0 aliphatic carbocycles. The fourth-order valence-corrected chi connectivity index (χ4v) is 4.72. The summed E-state index contributed by atoms with van der Waals surface area (Å²) in [6, 6.07) is 6.39. The third-order valence-corrected chi connectivity index (χ3v) is 5.95. The molecule has 3 nitrogen and oxygen atoms in total. The Morgan fingerprint density at radius 2 is 1.96 bits per heavy atom. The highest BCUT2D eigenvalue weighted by Gasteiger charge is 2.40. The van der Waals surface area contributed by atoms with Gasteiger partial charge in [-0.2, -0.15) is 13.2 Å². The van der Waals surface area contributed by atoms with Crippen LogP contribution in [0.5, 0.6) is 0 Å². The van der Waals surface area contributed by atoms with Crippen molar-refractivity contribution in [1.29, 1.82) is 0 Å². The van der Waals surface area contributed by atoms with Gasteiger partial charge in [0, 0.05) is 43.5 Å². The Morgan fingerprint density at radius 1 is 1.11 bits per heavy atom. The predicted octanol–water partition coefficient (Wildman–Crippen LogP) is 4.27. The minimum atomic E-state index is -4.50. The number of hydrogen-bond acceptors (Lipinski definition) is 3. The molecule has 0 amide bonds. The number of hydrogen-bond donors (Lipinski definition) is 2. The smallest absolute Gasteiger partial charge is 0.370 e. The molecule has 2 aromatic rings. The van der Waals surface area contributed by atoms with Gasteiger partial charge in [-0.1, -0.05) is 0 Å². The first kappa shape index (κ1) is 16.9. The lowest BCUT2D eigenvalue weighted by Gasteiger charge is -2.35. The van der Waals surface area contributed by atoms with E-state index >= 15 is 0 Å². The normalized spacial score (nSPS) is 23.3. The number of fused-ring (bicyclic) bond motifs is 2. The van der Waals surface area contributed by atoms with E-state index in [1.54, 1.807) is 0 Å². The maximum absolute atomic E-state index is 14.1. The number of benzene rings is 2. The maximum Gasteiger partial charge on any atom is 0.416 e. The van der Waals surface area contributed by atoms with Crippen LogP contribution in [-0.4, -0.2) is 26.2 Å². The average Bonchev–Trinajstić information content (AvgIpc) is 3.24. The van der Waals surface area contributed by atoms with Gasteiger partial charge in [-0.05, 0) is 53.8 Å². The van der Waals surface area contributed by atoms with Crippen molar-refractivity contribution in [2.24, 2.45) is 5.92 Å². The molecule has 2 N–H and O–H groups in total. The summed E-state index contributed by atoms with van der Waals surface area (Å²) in [5.41, 5.74) is 3.32. The lowest BCUT2D eigenvalue weighted by molar-refractivity contribution is -0.137. The lowest BCUT2D eigenvalue weighted by Crippen LogP contribution is -2.35. The third kappa shape index (κ3) is 2.76. The second-order valence-electron chi connectivity index (χ2n) is 7.61. The fourth-order valence-electron chi connectivity index (χ4n) is 4.72. The van der Waals surface area contributed by atoms with Crippen LogP contribution in [0, 0.1) is 11.7 Å². The van der Waals surface area contributed by atoms with E-state index in [2.05, 4.69) is 15.5 Å². The third-order valence-electron chi connectivity index (χ3n) is 5.95. The summed E-state index contributed by atoms with van der Waals surface area (Å²) in [6.07, 6.45) is -3.59. The predicted molar refractivity (Wildman–Crippen MR) is 96.1 cm³/mol. The van der Waals surface area contributed by atoms with Gasteiger partial charge >= 0.3 is 6.18 Å². The molecule has 7 heteroatoms. The molecule has 1 saturated heterocycles. The summed E-state index contributed by atoms with van der Waals surface area (Å²) in [4.78, 5) is 2.41. The molecule has 0 aromatic heterocycles. The van der Waals surface area contributed by atoms with Crippen LogP contribution in [0.3, 0.4) is 0 Å². The molecule has 142 valence electrons. The molecule has 3 aliphatic rings. The van der Waals surface area contributed by atoms with E-state index in [-0.39, 0.29) is 5.69 Å². The van der Waals surface area contributed by atoms with Gasteiger partial charge in [-0.25, -0.2) is 4.39 Å². The molecule has 0 saturated carbocycles. The fraction of sp³-hybridized carbons (Fsp3) is 0.400. The summed E-state index contributed by atoms with van der Waals surface area (Å²) in [6.45, 7) is 3.90. The number of halogens is 4. The van der Waals surface area contributed by atoms with Crippen LogP contribution < -0.4 is 15.5 Å². The first-order valence-electron chi connectivity index (χ1n) is 9.16. The van der Waals surface area contributed by atoms with Crippen LogP contribution in [0.2, 0.25) is 0 Å². The molecule has 27 heavy (non-hydrogen) atoms. The topological polar surface area (TPSA) is 27.3 Å². The number of rotatable bonds is 2. The summed E-state index contributed by atoms with van der Waals surface area (Å²) >= 11 is 0. The van der Waals surface area contributed by atoms with Crippen molar-refractivity contribution in [3.05, 3.63) is 52.8 Å². The van der Waals surface area contributed by atoms with Gasteiger partial charge < -0.3 is 15.5 Å². The zero-order valence-electron chi connectivity index (χ0n) is 14.5. The monoisotopic (exact) mass is 377 g/mol. The van der Waals surface area contributed by atoms with Crippen molar-refractivity contribution in [1.82, 2.24) is 5.32 Å². The van der Waals surface area contributed by atoms with Crippen molar-refractivity contribution in [2.75, 3.05) is 36.4 Å². The van der Waals surface area contributed by atoms with Gasteiger partial charge in [-0.3, -0.25) is 0 Å². The maximum atomic E-state index is 14.1. The van der Waals surface area contributed by atoms with Crippen molar-refractivity contribution >= 4 is 17.1 Å². The lowest BCUT2D eigenvalue weighted by atomic mass is 9.83. The van der Waals surface area contributed by atoms with Crippen molar-refractivity contribution < 1.29 is 17.6 Å². The first-order valence-corrected chi connectivity index (χ1v) is 9.16. The second-order valence-corrected chi connectivity index (χ2v) is 7.61. The Labute approximate surface area is 154 Å². The minimum Gasteiger partial charge on any atom is -0.370 e.